The summed E-state index contributed by atoms with van der Waals surface area (Å²) in [6.45, 7) is 2.28. The summed E-state index contributed by atoms with van der Waals surface area (Å²) in [5.74, 6) is 0.645. The molecule has 0 heterocycles. The Hall–Kier alpha value is -2.12. The van der Waals surface area contributed by atoms with Crippen molar-refractivity contribution in [2.75, 3.05) is 26.4 Å². The van der Waals surface area contributed by atoms with E-state index in [0.29, 0.717) is 23.5 Å². The standard InChI is InChI=1S/C22H30O7/c1-2-16-17-10-14-4-3-5-20(18(14)11-15(17)12-19(16)23)29-13-22(26)28-9-8-27-7-6-21(24)25/h3-5,15-17,19,23H,2,6-13H2,1H3,(H,24,25)/t15-,16+,17-,19+/m0/s1. The van der Waals surface area contributed by atoms with E-state index in [0.717, 1.165) is 31.2 Å². The fourth-order valence-corrected chi connectivity index (χ4v) is 4.76. The Kier molecular flexibility index (Phi) is 7.50. The number of carboxylic acids is 1. The Morgan fingerprint density at radius 3 is 2.76 bits per heavy atom. The maximum Gasteiger partial charge on any atom is 0.344 e. The summed E-state index contributed by atoms with van der Waals surface area (Å²) in [5, 5.41) is 18.9. The summed E-state index contributed by atoms with van der Waals surface area (Å²) in [6.07, 6.45) is 3.36. The average molecular weight is 406 g/mol. The molecule has 1 fully saturated rings. The summed E-state index contributed by atoms with van der Waals surface area (Å²) >= 11 is 0. The molecule has 3 rings (SSSR count). The summed E-state index contributed by atoms with van der Waals surface area (Å²) in [7, 11) is 0. The number of carbonyl (C=O) groups is 2. The zero-order valence-corrected chi connectivity index (χ0v) is 16.8. The number of aliphatic carboxylic acids is 1. The number of carbonyl (C=O) groups excluding carboxylic acids is 1. The molecule has 0 aromatic heterocycles. The topological polar surface area (TPSA) is 102 Å². The summed E-state index contributed by atoms with van der Waals surface area (Å²) in [5.41, 5.74) is 2.39. The highest BCUT2D eigenvalue weighted by Crippen LogP contribution is 2.47. The van der Waals surface area contributed by atoms with Crippen molar-refractivity contribution in [2.24, 2.45) is 17.8 Å². The van der Waals surface area contributed by atoms with Crippen LogP contribution in [0.4, 0.5) is 0 Å². The fourth-order valence-electron chi connectivity index (χ4n) is 4.76. The van der Waals surface area contributed by atoms with Crippen molar-refractivity contribution < 1.29 is 34.0 Å². The van der Waals surface area contributed by atoms with Gasteiger partial charge in [0.2, 0.25) is 0 Å². The molecule has 0 saturated heterocycles. The molecule has 0 spiro atoms. The minimum Gasteiger partial charge on any atom is -0.482 e. The van der Waals surface area contributed by atoms with E-state index in [1.54, 1.807) is 0 Å². The minimum atomic E-state index is -0.926. The first-order valence-corrected chi connectivity index (χ1v) is 10.4. The van der Waals surface area contributed by atoms with Crippen LogP contribution >= 0.6 is 0 Å². The molecule has 0 unspecified atom stereocenters. The van der Waals surface area contributed by atoms with E-state index in [1.165, 1.54) is 5.56 Å². The Morgan fingerprint density at radius 1 is 1.17 bits per heavy atom. The fraction of sp³-hybridized carbons (Fsp3) is 0.636. The number of hydrogen-bond acceptors (Lipinski definition) is 6. The van der Waals surface area contributed by atoms with E-state index in [4.69, 9.17) is 19.3 Å². The van der Waals surface area contributed by atoms with Crippen molar-refractivity contribution in [3.05, 3.63) is 29.3 Å². The zero-order chi connectivity index (χ0) is 20.8. The van der Waals surface area contributed by atoms with Crippen LogP contribution in [0.15, 0.2) is 18.2 Å². The predicted molar refractivity (Wildman–Crippen MR) is 105 cm³/mol. The molecular weight excluding hydrogens is 376 g/mol. The minimum absolute atomic E-state index is 0.0642. The second-order valence-corrected chi connectivity index (χ2v) is 7.87. The molecule has 2 N–H and O–H groups in total. The van der Waals surface area contributed by atoms with Crippen LogP contribution in [0, 0.1) is 17.8 Å². The molecule has 1 aromatic carbocycles. The lowest BCUT2D eigenvalue weighted by Gasteiger charge is -2.31. The van der Waals surface area contributed by atoms with Crippen LogP contribution in [-0.2, 0) is 31.9 Å². The highest BCUT2D eigenvalue weighted by atomic mass is 16.6. The Bertz CT molecular complexity index is 717. The molecule has 7 heteroatoms. The number of carboxylic acid groups (broad SMARTS) is 1. The second kappa shape index (κ2) is 10.1. The van der Waals surface area contributed by atoms with E-state index in [9.17, 15) is 14.7 Å². The third-order valence-electron chi connectivity index (χ3n) is 6.11. The van der Waals surface area contributed by atoms with Crippen molar-refractivity contribution in [2.45, 2.75) is 45.1 Å². The monoisotopic (exact) mass is 406 g/mol. The molecule has 2 aliphatic rings. The van der Waals surface area contributed by atoms with E-state index in [-0.39, 0.29) is 39.0 Å². The first-order chi connectivity index (χ1) is 14.0. The predicted octanol–water partition coefficient (Wildman–Crippen LogP) is 2.22. The van der Waals surface area contributed by atoms with Gasteiger partial charge in [-0.05, 0) is 54.2 Å². The van der Waals surface area contributed by atoms with Gasteiger partial charge in [0.05, 0.1) is 25.7 Å². The highest BCUT2D eigenvalue weighted by Gasteiger charge is 2.44. The van der Waals surface area contributed by atoms with Crippen LogP contribution in [0.1, 0.15) is 37.3 Å². The lowest BCUT2D eigenvalue weighted by Crippen LogP contribution is -2.27. The number of esters is 1. The number of hydrogen-bond donors (Lipinski definition) is 2. The van der Waals surface area contributed by atoms with Crippen LogP contribution < -0.4 is 4.74 Å². The van der Waals surface area contributed by atoms with Gasteiger partial charge in [-0.25, -0.2) is 4.79 Å². The third-order valence-corrected chi connectivity index (χ3v) is 6.11. The van der Waals surface area contributed by atoms with Gasteiger partial charge in [-0.1, -0.05) is 25.5 Å². The Balaban J connectivity index is 1.48. The van der Waals surface area contributed by atoms with Crippen LogP contribution in [0.25, 0.3) is 0 Å². The van der Waals surface area contributed by atoms with Gasteiger partial charge in [-0.15, -0.1) is 0 Å². The maximum absolute atomic E-state index is 11.9. The van der Waals surface area contributed by atoms with Gasteiger partial charge in [-0.2, -0.15) is 0 Å². The van der Waals surface area contributed by atoms with E-state index < -0.39 is 11.9 Å². The molecule has 7 nitrogen and oxygen atoms in total. The van der Waals surface area contributed by atoms with Crippen molar-refractivity contribution in [1.82, 2.24) is 0 Å². The number of aliphatic hydroxyl groups is 1. The molecule has 4 atom stereocenters. The quantitative estimate of drug-likeness (QED) is 0.454. The molecule has 1 aromatic rings. The van der Waals surface area contributed by atoms with Crippen molar-refractivity contribution in [3.63, 3.8) is 0 Å². The smallest absolute Gasteiger partial charge is 0.344 e. The highest BCUT2D eigenvalue weighted by molar-refractivity contribution is 5.71. The number of aliphatic hydroxyl groups excluding tert-OH is 1. The second-order valence-electron chi connectivity index (χ2n) is 7.87. The van der Waals surface area contributed by atoms with Crippen LogP contribution in [0.5, 0.6) is 5.75 Å². The molecule has 0 radical (unpaired) electrons. The molecule has 2 aliphatic carbocycles. The molecule has 0 amide bonds. The van der Waals surface area contributed by atoms with Gasteiger partial charge in [0, 0.05) is 0 Å². The van der Waals surface area contributed by atoms with Crippen molar-refractivity contribution in [3.8, 4) is 5.75 Å². The molecule has 160 valence electrons. The number of ether oxygens (including phenoxy) is 3. The van der Waals surface area contributed by atoms with Crippen molar-refractivity contribution >= 4 is 11.9 Å². The molecule has 0 aliphatic heterocycles. The SMILES string of the molecule is CC[C@@H]1[C@H]2Cc3cccc(OCC(=O)OCCOCCC(=O)O)c3C[C@H]2C[C@H]1O. The van der Waals surface area contributed by atoms with Crippen LogP contribution in [-0.4, -0.2) is 54.7 Å². The molecule has 0 bridgehead atoms. The summed E-state index contributed by atoms with van der Waals surface area (Å²) in [4.78, 5) is 22.3. The lowest BCUT2D eigenvalue weighted by molar-refractivity contribution is -0.148. The first kappa shape index (κ1) is 21.6. The molecule has 29 heavy (non-hydrogen) atoms. The molecular formula is C22H30O7. The summed E-state index contributed by atoms with van der Waals surface area (Å²) < 4.78 is 15.9. The van der Waals surface area contributed by atoms with Crippen LogP contribution in [0.3, 0.4) is 0 Å². The van der Waals surface area contributed by atoms with Crippen molar-refractivity contribution in [1.29, 1.82) is 0 Å². The average Bonchev–Trinajstić information content (AvgIpc) is 3.00. The largest absolute Gasteiger partial charge is 0.482 e. The normalized spacial score (nSPS) is 25.2. The lowest BCUT2D eigenvalue weighted by atomic mass is 9.74. The Morgan fingerprint density at radius 2 is 2.00 bits per heavy atom. The van der Waals surface area contributed by atoms with Crippen LogP contribution in [0.2, 0.25) is 0 Å². The van der Waals surface area contributed by atoms with Gasteiger partial charge in [0.1, 0.15) is 12.4 Å². The maximum atomic E-state index is 11.9. The number of rotatable bonds is 10. The first-order valence-electron chi connectivity index (χ1n) is 10.4. The van der Waals surface area contributed by atoms with Gasteiger partial charge in [-0.3, -0.25) is 4.79 Å². The zero-order valence-electron chi connectivity index (χ0n) is 16.8. The van der Waals surface area contributed by atoms with E-state index in [1.807, 2.05) is 12.1 Å². The van der Waals surface area contributed by atoms with E-state index in [2.05, 4.69) is 13.0 Å². The van der Waals surface area contributed by atoms with Gasteiger partial charge >= 0.3 is 11.9 Å². The summed E-state index contributed by atoms with van der Waals surface area (Å²) in [6, 6.07) is 5.94. The van der Waals surface area contributed by atoms with Gasteiger partial charge in [0.25, 0.3) is 0 Å². The Labute approximate surface area is 171 Å². The number of fused-ring (bicyclic) bond motifs is 2. The van der Waals surface area contributed by atoms with Gasteiger partial charge in [0.15, 0.2) is 6.61 Å². The van der Waals surface area contributed by atoms with E-state index >= 15 is 0 Å². The number of benzene rings is 1. The molecule has 1 saturated carbocycles. The third kappa shape index (κ3) is 5.48. The van der Waals surface area contributed by atoms with Gasteiger partial charge < -0.3 is 24.4 Å².